The summed E-state index contributed by atoms with van der Waals surface area (Å²) in [5.74, 6) is 0.261. The Bertz CT molecular complexity index is 278. The van der Waals surface area contributed by atoms with Gasteiger partial charge in [-0.05, 0) is 34.5 Å². The van der Waals surface area contributed by atoms with Crippen LogP contribution in [-0.2, 0) is 0 Å². The number of benzene rings is 1. The predicted molar refractivity (Wildman–Crippen MR) is 58.0 cm³/mol. The van der Waals surface area contributed by atoms with Gasteiger partial charge < -0.3 is 4.74 Å². The van der Waals surface area contributed by atoms with Crippen molar-refractivity contribution in [3.8, 4) is 5.75 Å². The molecule has 1 nitrogen and oxygen atoms in total. The maximum absolute atomic E-state index is 13.0. The number of ether oxygens (including phenoxy) is 1. The molecule has 0 N–H and O–H groups in total. The number of hydrogen-bond acceptors (Lipinski definition) is 1. The molecule has 0 saturated carbocycles. The summed E-state index contributed by atoms with van der Waals surface area (Å²) in [6, 6.07) is 4.76. The molecule has 4 heteroatoms. The summed E-state index contributed by atoms with van der Waals surface area (Å²) in [7, 11) is 0. The first-order valence-corrected chi connectivity index (χ1v) is 5.80. The minimum Gasteiger partial charge on any atom is -0.492 e. The molecule has 0 amide bonds. The molecule has 0 saturated heterocycles. The minimum atomic E-state index is -0.295. The largest absolute Gasteiger partial charge is 0.492 e. The Morgan fingerprint density at radius 3 is 2.85 bits per heavy atom. The molecule has 0 fully saturated rings. The molecule has 1 aromatic carbocycles. The topological polar surface area (TPSA) is 9.23 Å². The lowest BCUT2D eigenvalue weighted by atomic mass is 10.3. The van der Waals surface area contributed by atoms with Gasteiger partial charge in [-0.15, -0.1) is 0 Å². The normalized spacial score (nSPS) is 10.1. The van der Waals surface area contributed by atoms with Crippen molar-refractivity contribution in [2.75, 3.05) is 11.9 Å². The van der Waals surface area contributed by atoms with E-state index in [9.17, 15) is 4.39 Å². The first kappa shape index (κ1) is 11.0. The Hall–Kier alpha value is -0.0900. The van der Waals surface area contributed by atoms with Crippen LogP contribution in [0.5, 0.6) is 5.75 Å². The zero-order valence-corrected chi connectivity index (χ0v) is 10.1. The van der Waals surface area contributed by atoms with Crippen LogP contribution in [0.2, 0.25) is 0 Å². The first-order chi connectivity index (χ1) is 6.25. The van der Waals surface area contributed by atoms with E-state index in [-0.39, 0.29) is 5.82 Å². The summed E-state index contributed by atoms with van der Waals surface area (Å²) in [5.41, 5.74) is 0. The van der Waals surface area contributed by atoms with Gasteiger partial charge in [0.25, 0.3) is 0 Å². The molecule has 1 rings (SSSR count). The molecular formula is C9H9Br2FO. The Morgan fingerprint density at radius 1 is 1.38 bits per heavy atom. The fourth-order valence-corrected chi connectivity index (χ4v) is 1.44. The second kappa shape index (κ2) is 5.60. The van der Waals surface area contributed by atoms with E-state index in [4.69, 9.17) is 4.74 Å². The highest BCUT2D eigenvalue weighted by Crippen LogP contribution is 2.27. The zero-order chi connectivity index (χ0) is 9.68. The van der Waals surface area contributed by atoms with E-state index in [0.29, 0.717) is 16.8 Å². The van der Waals surface area contributed by atoms with E-state index in [2.05, 4.69) is 31.9 Å². The molecule has 72 valence electrons. The monoisotopic (exact) mass is 310 g/mol. The van der Waals surface area contributed by atoms with Gasteiger partial charge in [0, 0.05) is 5.33 Å². The highest BCUT2D eigenvalue weighted by Gasteiger charge is 2.04. The van der Waals surface area contributed by atoms with Gasteiger partial charge in [-0.2, -0.15) is 0 Å². The molecule has 0 aliphatic heterocycles. The van der Waals surface area contributed by atoms with E-state index in [1.165, 1.54) is 6.07 Å². The summed E-state index contributed by atoms with van der Waals surface area (Å²) in [5, 5.41) is 0.889. The molecule has 0 radical (unpaired) electrons. The van der Waals surface area contributed by atoms with Gasteiger partial charge in [0.1, 0.15) is 11.6 Å². The van der Waals surface area contributed by atoms with E-state index in [0.717, 1.165) is 11.8 Å². The second-order valence-corrected chi connectivity index (χ2v) is 4.03. The van der Waals surface area contributed by atoms with E-state index >= 15 is 0 Å². The molecular weight excluding hydrogens is 303 g/mol. The third-order valence-electron chi connectivity index (χ3n) is 1.45. The van der Waals surface area contributed by atoms with Crippen LogP contribution in [-0.4, -0.2) is 11.9 Å². The minimum absolute atomic E-state index is 0.295. The number of alkyl halides is 1. The molecule has 0 atom stereocenters. The molecule has 0 bridgehead atoms. The zero-order valence-electron chi connectivity index (χ0n) is 6.90. The number of rotatable bonds is 4. The Balaban J connectivity index is 2.61. The predicted octanol–water partition coefficient (Wildman–Crippen LogP) is 3.75. The molecule has 0 heterocycles. The number of halogens is 3. The lowest BCUT2D eigenvalue weighted by Crippen LogP contribution is -1.98. The van der Waals surface area contributed by atoms with Crippen molar-refractivity contribution in [1.29, 1.82) is 0 Å². The second-order valence-electron chi connectivity index (χ2n) is 2.44. The lowest BCUT2D eigenvalue weighted by Gasteiger charge is -2.06. The molecule has 0 spiro atoms. The van der Waals surface area contributed by atoms with Gasteiger partial charge in [-0.25, -0.2) is 4.39 Å². The van der Waals surface area contributed by atoms with Crippen molar-refractivity contribution in [2.45, 2.75) is 6.42 Å². The molecule has 0 aromatic heterocycles. The molecule has 0 aliphatic rings. The number of hydrogen-bond donors (Lipinski definition) is 0. The van der Waals surface area contributed by atoms with Gasteiger partial charge in [-0.1, -0.05) is 22.0 Å². The third-order valence-corrected chi connectivity index (χ3v) is 2.78. The maximum atomic E-state index is 13.0. The highest BCUT2D eigenvalue weighted by molar-refractivity contribution is 9.10. The van der Waals surface area contributed by atoms with E-state index < -0.39 is 0 Å². The smallest absolute Gasteiger partial charge is 0.141 e. The van der Waals surface area contributed by atoms with Crippen molar-refractivity contribution in [1.82, 2.24) is 0 Å². The van der Waals surface area contributed by atoms with Crippen LogP contribution in [0, 0.1) is 5.82 Å². The summed E-state index contributed by atoms with van der Waals surface area (Å²) >= 11 is 6.41. The quantitative estimate of drug-likeness (QED) is 0.608. The summed E-state index contributed by atoms with van der Waals surface area (Å²) in [4.78, 5) is 0. The van der Waals surface area contributed by atoms with E-state index in [1.807, 2.05) is 0 Å². The van der Waals surface area contributed by atoms with Crippen molar-refractivity contribution >= 4 is 31.9 Å². The van der Waals surface area contributed by atoms with Gasteiger partial charge >= 0.3 is 0 Å². The van der Waals surface area contributed by atoms with Gasteiger partial charge in [0.2, 0.25) is 0 Å². The Morgan fingerprint density at radius 2 is 2.15 bits per heavy atom. The standard InChI is InChI=1S/C9H9Br2FO/c10-5-2-6-13-8-4-1-3-7(12)9(8)11/h1,3-4H,2,5-6H2. The van der Waals surface area contributed by atoms with Crippen LogP contribution < -0.4 is 4.74 Å². The van der Waals surface area contributed by atoms with Gasteiger partial charge in [-0.3, -0.25) is 0 Å². The highest BCUT2D eigenvalue weighted by atomic mass is 79.9. The average molecular weight is 312 g/mol. The van der Waals surface area contributed by atoms with Gasteiger partial charge in [0.05, 0.1) is 11.1 Å². The molecule has 0 aliphatic carbocycles. The van der Waals surface area contributed by atoms with Crippen molar-refractivity contribution in [2.24, 2.45) is 0 Å². The van der Waals surface area contributed by atoms with Crippen LogP contribution >= 0.6 is 31.9 Å². The Labute approximate surface area is 93.5 Å². The van der Waals surface area contributed by atoms with Crippen molar-refractivity contribution in [3.63, 3.8) is 0 Å². The molecule has 0 unspecified atom stereocenters. The van der Waals surface area contributed by atoms with Crippen LogP contribution in [0.3, 0.4) is 0 Å². The van der Waals surface area contributed by atoms with Gasteiger partial charge in [0.15, 0.2) is 0 Å². The fourth-order valence-electron chi connectivity index (χ4n) is 0.832. The first-order valence-electron chi connectivity index (χ1n) is 3.88. The van der Waals surface area contributed by atoms with Crippen molar-refractivity contribution < 1.29 is 9.13 Å². The van der Waals surface area contributed by atoms with Crippen LogP contribution in [0.25, 0.3) is 0 Å². The summed E-state index contributed by atoms with van der Waals surface area (Å²) < 4.78 is 18.7. The van der Waals surface area contributed by atoms with Crippen LogP contribution in [0.1, 0.15) is 6.42 Å². The SMILES string of the molecule is Fc1cccc(OCCCBr)c1Br. The summed E-state index contributed by atoms with van der Waals surface area (Å²) in [6.07, 6.45) is 0.906. The fraction of sp³-hybridized carbons (Fsp3) is 0.333. The lowest BCUT2D eigenvalue weighted by molar-refractivity contribution is 0.315. The third kappa shape index (κ3) is 3.27. The molecule has 13 heavy (non-hydrogen) atoms. The maximum Gasteiger partial charge on any atom is 0.141 e. The van der Waals surface area contributed by atoms with Crippen LogP contribution in [0.15, 0.2) is 22.7 Å². The van der Waals surface area contributed by atoms with Crippen molar-refractivity contribution in [3.05, 3.63) is 28.5 Å². The molecule has 1 aromatic rings. The van der Waals surface area contributed by atoms with Crippen LogP contribution in [0.4, 0.5) is 4.39 Å². The Kier molecular flexibility index (Phi) is 4.73. The summed E-state index contributed by atoms with van der Waals surface area (Å²) in [6.45, 7) is 0.591. The van der Waals surface area contributed by atoms with E-state index in [1.54, 1.807) is 12.1 Å². The average Bonchev–Trinajstić information content (AvgIpc) is 2.13.